The quantitative estimate of drug-likeness (QED) is 0.833. The van der Waals surface area contributed by atoms with Crippen molar-refractivity contribution < 1.29 is 4.79 Å². The molecule has 0 fully saturated rings. The molecule has 0 aromatic heterocycles. The molecule has 0 saturated heterocycles. The van der Waals surface area contributed by atoms with E-state index >= 15 is 0 Å². The first-order chi connectivity index (χ1) is 10.6. The number of anilines is 1. The summed E-state index contributed by atoms with van der Waals surface area (Å²) in [7, 11) is 0. The van der Waals surface area contributed by atoms with Crippen LogP contribution in [0.25, 0.3) is 0 Å². The lowest BCUT2D eigenvalue weighted by Gasteiger charge is -2.17. The lowest BCUT2D eigenvalue weighted by atomic mass is 10.0. The number of halogens is 1. The topological polar surface area (TPSA) is 41.1 Å². The lowest BCUT2D eigenvalue weighted by Crippen LogP contribution is -2.31. The molecule has 0 aliphatic rings. The average Bonchev–Trinajstić information content (AvgIpc) is 2.52. The van der Waals surface area contributed by atoms with Crippen molar-refractivity contribution in [1.82, 2.24) is 5.32 Å². The fourth-order valence-corrected chi connectivity index (χ4v) is 2.46. The standard InChI is InChI=1S/C18H21ClN2O/c1-3-17(14-7-5-4-6-8-14)20-12-18(22)21-15-10-9-13(2)16(19)11-15/h4-11,17,20H,3,12H2,1-2H3,(H,21,22). The Balaban J connectivity index is 1.90. The molecule has 1 unspecified atom stereocenters. The van der Waals surface area contributed by atoms with Gasteiger partial charge >= 0.3 is 0 Å². The minimum atomic E-state index is -0.0747. The number of hydrogen-bond acceptors (Lipinski definition) is 2. The molecule has 0 spiro atoms. The van der Waals surface area contributed by atoms with Crippen LogP contribution in [0.3, 0.4) is 0 Å². The first kappa shape index (κ1) is 16.5. The van der Waals surface area contributed by atoms with E-state index in [1.807, 2.05) is 37.3 Å². The number of rotatable bonds is 6. The second kappa shape index (κ2) is 7.97. The third-order valence-electron chi connectivity index (χ3n) is 3.57. The molecule has 2 aromatic rings. The van der Waals surface area contributed by atoms with Gasteiger partial charge in [0.25, 0.3) is 0 Å². The Hall–Kier alpha value is -1.84. The summed E-state index contributed by atoms with van der Waals surface area (Å²) in [6, 6.07) is 15.8. The van der Waals surface area contributed by atoms with Crippen molar-refractivity contribution in [1.29, 1.82) is 0 Å². The van der Waals surface area contributed by atoms with Crippen LogP contribution >= 0.6 is 11.6 Å². The van der Waals surface area contributed by atoms with Gasteiger partial charge in [-0.15, -0.1) is 0 Å². The van der Waals surface area contributed by atoms with E-state index in [0.29, 0.717) is 5.02 Å². The van der Waals surface area contributed by atoms with Crippen molar-refractivity contribution in [3.63, 3.8) is 0 Å². The fraction of sp³-hybridized carbons (Fsp3) is 0.278. The monoisotopic (exact) mass is 316 g/mol. The highest BCUT2D eigenvalue weighted by Gasteiger charge is 2.10. The summed E-state index contributed by atoms with van der Waals surface area (Å²) in [4.78, 5) is 12.0. The molecule has 4 heteroatoms. The van der Waals surface area contributed by atoms with Crippen LogP contribution in [0.2, 0.25) is 5.02 Å². The molecule has 0 saturated carbocycles. The molecule has 3 nitrogen and oxygen atoms in total. The van der Waals surface area contributed by atoms with E-state index in [1.54, 1.807) is 6.07 Å². The van der Waals surface area contributed by atoms with Crippen LogP contribution in [-0.2, 0) is 4.79 Å². The Morgan fingerprint density at radius 1 is 1.18 bits per heavy atom. The number of amides is 1. The summed E-state index contributed by atoms with van der Waals surface area (Å²) >= 11 is 6.06. The zero-order valence-electron chi connectivity index (χ0n) is 12.9. The Morgan fingerprint density at radius 3 is 2.55 bits per heavy atom. The van der Waals surface area contributed by atoms with Crippen LogP contribution in [0.4, 0.5) is 5.69 Å². The van der Waals surface area contributed by atoms with Crippen molar-refractivity contribution >= 4 is 23.2 Å². The Bertz CT molecular complexity index is 628. The van der Waals surface area contributed by atoms with Crippen LogP contribution < -0.4 is 10.6 Å². The second-order valence-electron chi connectivity index (χ2n) is 5.26. The van der Waals surface area contributed by atoms with Gasteiger partial charge in [0.2, 0.25) is 5.91 Å². The highest BCUT2D eigenvalue weighted by Crippen LogP contribution is 2.20. The molecule has 0 heterocycles. The summed E-state index contributed by atoms with van der Waals surface area (Å²) < 4.78 is 0. The third-order valence-corrected chi connectivity index (χ3v) is 3.98. The Labute approximate surface area is 136 Å². The van der Waals surface area contributed by atoms with Gasteiger partial charge in [-0.1, -0.05) is 54.9 Å². The number of carbonyl (C=O) groups is 1. The van der Waals surface area contributed by atoms with E-state index in [9.17, 15) is 4.79 Å². The van der Waals surface area contributed by atoms with E-state index in [0.717, 1.165) is 17.7 Å². The molecular weight excluding hydrogens is 296 g/mol. The van der Waals surface area contributed by atoms with Gasteiger partial charge in [0, 0.05) is 16.8 Å². The lowest BCUT2D eigenvalue weighted by molar-refractivity contribution is -0.115. The van der Waals surface area contributed by atoms with Crippen LogP contribution in [-0.4, -0.2) is 12.5 Å². The average molecular weight is 317 g/mol. The predicted molar refractivity (Wildman–Crippen MR) is 92.3 cm³/mol. The summed E-state index contributed by atoms with van der Waals surface area (Å²) in [5, 5.41) is 6.80. The SMILES string of the molecule is CCC(NCC(=O)Nc1ccc(C)c(Cl)c1)c1ccccc1. The third kappa shape index (κ3) is 4.58. The molecule has 116 valence electrons. The maximum atomic E-state index is 12.0. The minimum Gasteiger partial charge on any atom is -0.325 e. The molecule has 2 aromatic carbocycles. The summed E-state index contributed by atoms with van der Waals surface area (Å²) in [5.41, 5.74) is 2.90. The highest BCUT2D eigenvalue weighted by molar-refractivity contribution is 6.31. The minimum absolute atomic E-state index is 0.0747. The van der Waals surface area contributed by atoms with E-state index in [4.69, 9.17) is 11.6 Å². The molecule has 0 radical (unpaired) electrons. The highest BCUT2D eigenvalue weighted by atomic mass is 35.5. The maximum Gasteiger partial charge on any atom is 0.238 e. The van der Waals surface area contributed by atoms with Crippen LogP contribution in [0.1, 0.15) is 30.5 Å². The first-order valence-electron chi connectivity index (χ1n) is 7.44. The number of hydrogen-bond donors (Lipinski definition) is 2. The van der Waals surface area contributed by atoms with Crippen molar-refractivity contribution in [2.75, 3.05) is 11.9 Å². The van der Waals surface area contributed by atoms with Crippen molar-refractivity contribution in [3.05, 3.63) is 64.7 Å². The zero-order valence-corrected chi connectivity index (χ0v) is 13.7. The molecule has 0 aliphatic heterocycles. The number of benzene rings is 2. The summed E-state index contributed by atoms with van der Waals surface area (Å²) in [5.74, 6) is -0.0747. The molecule has 2 rings (SSSR count). The molecule has 2 N–H and O–H groups in total. The van der Waals surface area contributed by atoms with Gasteiger partial charge in [-0.05, 0) is 36.6 Å². The number of nitrogens with one attached hydrogen (secondary N) is 2. The molecule has 1 amide bonds. The van der Waals surface area contributed by atoms with Gasteiger partial charge < -0.3 is 10.6 Å². The molecule has 0 bridgehead atoms. The van der Waals surface area contributed by atoms with Gasteiger partial charge in [-0.3, -0.25) is 4.79 Å². The zero-order chi connectivity index (χ0) is 15.9. The fourth-order valence-electron chi connectivity index (χ4n) is 2.27. The smallest absolute Gasteiger partial charge is 0.238 e. The van der Waals surface area contributed by atoms with Crippen molar-refractivity contribution in [2.24, 2.45) is 0 Å². The van der Waals surface area contributed by atoms with Crippen LogP contribution in [0.15, 0.2) is 48.5 Å². The van der Waals surface area contributed by atoms with E-state index in [-0.39, 0.29) is 18.5 Å². The van der Waals surface area contributed by atoms with Crippen LogP contribution in [0.5, 0.6) is 0 Å². The van der Waals surface area contributed by atoms with Gasteiger partial charge in [0.05, 0.1) is 6.54 Å². The molecule has 0 aliphatic carbocycles. The van der Waals surface area contributed by atoms with Gasteiger partial charge in [-0.25, -0.2) is 0 Å². The number of carbonyl (C=O) groups excluding carboxylic acids is 1. The largest absolute Gasteiger partial charge is 0.325 e. The molecule has 1 atom stereocenters. The first-order valence-corrected chi connectivity index (χ1v) is 7.82. The van der Waals surface area contributed by atoms with E-state index in [2.05, 4.69) is 29.7 Å². The maximum absolute atomic E-state index is 12.0. The van der Waals surface area contributed by atoms with Crippen LogP contribution in [0, 0.1) is 6.92 Å². The van der Waals surface area contributed by atoms with E-state index in [1.165, 1.54) is 5.56 Å². The van der Waals surface area contributed by atoms with Gasteiger partial charge in [0.15, 0.2) is 0 Å². The van der Waals surface area contributed by atoms with Crippen molar-refractivity contribution in [3.8, 4) is 0 Å². The summed E-state index contributed by atoms with van der Waals surface area (Å²) in [6.07, 6.45) is 0.924. The summed E-state index contributed by atoms with van der Waals surface area (Å²) in [6.45, 7) is 4.29. The van der Waals surface area contributed by atoms with Gasteiger partial charge in [-0.2, -0.15) is 0 Å². The number of aryl methyl sites for hydroxylation is 1. The van der Waals surface area contributed by atoms with E-state index < -0.39 is 0 Å². The van der Waals surface area contributed by atoms with Crippen molar-refractivity contribution in [2.45, 2.75) is 26.3 Å². The normalized spacial score (nSPS) is 12.0. The van der Waals surface area contributed by atoms with Gasteiger partial charge in [0.1, 0.15) is 0 Å². The predicted octanol–water partition coefficient (Wildman–Crippen LogP) is 4.33. The Kier molecular flexibility index (Phi) is 5.99. The Morgan fingerprint density at radius 2 is 1.91 bits per heavy atom. The molecule has 22 heavy (non-hydrogen) atoms. The molecular formula is C18H21ClN2O. The second-order valence-corrected chi connectivity index (χ2v) is 5.67.